The first-order valence-corrected chi connectivity index (χ1v) is 15.9. The maximum atomic E-state index is 12.8. The van der Waals surface area contributed by atoms with Crippen LogP contribution in [-0.2, 0) is 4.74 Å². The van der Waals surface area contributed by atoms with E-state index in [0.717, 1.165) is 59.2 Å². The molecule has 2 saturated carbocycles. The number of nitrogens with zero attached hydrogens (tertiary/aromatic N) is 6. The van der Waals surface area contributed by atoms with Crippen molar-refractivity contribution in [2.75, 3.05) is 19.6 Å². The fourth-order valence-corrected chi connectivity index (χ4v) is 6.75. The van der Waals surface area contributed by atoms with Crippen LogP contribution >= 0.6 is 0 Å². The highest BCUT2D eigenvalue weighted by Gasteiger charge is 2.41. The van der Waals surface area contributed by atoms with Crippen LogP contribution in [-0.4, -0.2) is 72.7 Å². The zero-order valence-corrected chi connectivity index (χ0v) is 25.8. The van der Waals surface area contributed by atoms with E-state index in [1.807, 2.05) is 33.0 Å². The highest BCUT2D eigenvalue weighted by Crippen LogP contribution is 2.46. The molecule has 0 N–H and O–H groups in total. The van der Waals surface area contributed by atoms with Gasteiger partial charge in [0, 0.05) is 43.2 Å². The quantitative estimate of drug-likeness (QED) is 0.250. The summed E-state index contributed by atoms with van der Waals surface area (Å²) < 4.78 is 7.56. The van der Waals surface area contributed by atoms with E-state index in [2.05, 4.69) is 23.0 Å². The predicted octanol–water partition coefficient (Wildman–Crippen LogP) is 5.95. The molecule has 8 rings (SSSR count). The molecule has 2 aromatic heterocycles. The molecule has 1 saturated heterocycles. The summed E-state index contributed by atoms with van der Waals surface area (Å²) in [7, 11) is 0. The molecule has 4 aromatic rings. The number of benzene rings is 2. The average molecular weight is 605 g/mol. The molecule has 0 bridgehead atoms. The van der Waals surface area contributed by atoms with Crippen molar-refractivity contribution in [1.29, 1.82) is 0 Å². The van der Waals surface area contributed by atoms with Gasteiger partial charge in [-0.15, -0.1) is 0 Å². The first-order chi connectivity index (χ1) is 21.6. The molecule has 0 unspecified atom stereocenters. The summed E-state index contributed by atoms with van der Waals surface area (Å²) in [5.41, 5.74) is 6.27. The van der Waals surface area contributed by atoms with Crippen LogP contribution in [0.5, 0.6) is 0 Å². The molecule has 45 heavy (non-hydrogen) atoms. The summed E-state index contributed by atoms with van der Waals surface area (Å²) >= 11 is 0. The van der Waals surface area contributed by atoms with Crippen molar-refractivity contribution in [3.05, 3.63) is 77.2 Å². The van der Waals surface area contributed by atoms with Crippen molar-refractivity contribution >= 4 is 28.9 Å². The maximum Gasteiger partial charge on any atom is 0.410 e. The molecule has 2 aromatic carbocycles. The average Bonchev–Trinajstić information content (AvgIpc) is 3.67. The lowest BCUT2D eigenvalue weighted by atomic mass is 9.80. The molecule has 2 aliphatic carbocycles. The topological polar surface area (TPSA) is 111 Å². The number of imide groups is 1. The zero-order valence-electron chi connectivity index (χ0n) is 25.8. The van der Waals surface area contributed by atoms with Gasteiger partial charge in [-0.05, 0) is 82.2 Å². The third-order valence-corrected chi connectivity index (χ3v) is 9.48. The van der Waals surface area contributed by atoms with Crippen LogP contribution in [0.1, 0.15) is 96.3 Å². The van der Waals surface area contributed by atoms with Gasteiger partial charge in [0.25, 0.3) is 11.8 Å². The number of ether oxygens (including phenoxy) is 1. The summed E-state index contributed by atoms with van der Waals surface area (Å²) in [6.07, 6.45) is 7.69. The van der Waals surface area contributed by atoms with Gasteiger partial charge in [0.1, 0.15) is 5.60 Å². The highest BCUT2D eigenvalue weighted by molar-refractivity contribution is 6.21. The van der Waals surface area contributed by atoms with E-state index in [0.29, 0.717) is 36.7 Å². The molecule has 0 atom stereocenters. The van der Waals surface area contributed by atoms with Crippen LogP contribution in [0.25, 0.3) is 22.3 Å². The molecule has 10 heteroatoms. The normalized spacial score (nSPS) is 21.6. The van der Waals surface area contributed by atoms with Gasteiger partial charge in [-0.3, -0.25) is 24.2 Å². The summed E-state index contributed by atoms with van der Waals surface area (Å²) in [4.78, 5) is 50.9. The van der Waals surface area contributed by atoms with Crippen molar-refractivity contribution in [3.8, 4) is 11.3 Å². The summed E-state index contributed by atoms with van der Waals surface area (Å²) in [5.74, 6) is 0.590. The lowest BCUT2D eigenvalue weighted by Crippen LogP contribution is -2.50. The number of hydrogen-bond donors (Lipinski definition) is 0. The van der Waals surface area contributed by atoms with Crippen LogP contribution in [0.15, 0.2) is 54.9 Å². The van der Waals surface area contributed by atoms with Crippen molar-refractivity contribution in [2.45, 2.75) is 69.9 Å². The van der Waals surface area contributed by atoms with E-state index < -0.39 is 5.60 Å². The number of fused-ring (bicyclic) bond motifs is 2. The summed E-state index contributed by atoms with van der Waals surface area (Å²) in [6.45, 7) is 7.36. The van der Waals surface area contributed by atoms with E-state index in [1.54, 1.807) is 29.2 Å². The standard InChI is InChI=1S/C35H36N6O4/c1-35(2,3)45-34(44)39-17-23(18-39)22-10-11-28-29(14-22)36-15-30(37-28)27-19-41(38-31(27)21-8-9-21)24-12-20(13-24)16-40-32(42)25-6-4-5-7-26(25)33(40)43/h4-7,10-11,14-15,19-21,23-24H,8-9,12-13,16-18H2,1-3H3. The number of carbonyl (C=O) groups excluding carboxylic acids is 3. The Hall–Kier alpha value is -4.60. The molecule has 4 heterocycles. The van der Waals surface area contributed by atoms with Gasteiger partial charge < -0.3 is 9.64 Å². The molecule has 230 valence electrons. The molecular weight excluding hydrogens is 568 g/mol. The van der Waals surface area contributed by atoms with Crippen molar-refractivity contribution in [2.24, 2.45) is 5.92 Å². The fourth-order valence-electron chi connectivity index (χ4n) is 6.75. The maximum absolute atomic E-state index is 12.8. The van der Waals surface area contributed by atoms with E-state index in [4.69, 9.17) is 19.8 Å². The number of rotatable bonds is 6. The minimum Gasteiger partial charge on any atom is -0.444 e. The van der Waals surface area contributed by atoms with Crippen LogP contribution < -0.4 is 0 Å². The van der Waals surface area contributed by atoms with Crippen LogP contribution in [0.2, 0.25) is 0 Å². The summed E-state index contributed by atoms with van der Waals surface area (Å²) in [6, 6.07) is 13.5. The van der Waals surface area contributed by atoms with Crippen LogP contribution in [0, 0.1) is 5.92 Å². The molecule has 4 aliphatic rings. The largest absolute Gasteiger partial charge is 0.444 e. The molecule has 2 aliphatic heterocycles. The van der Waals surface area contributed by atoms with Gasteiger partial charge in [0.05, 0.1) is 45.8 Å². The predicted molar refractivity (Wildman–Crippen MR) is 167 cm³/mol. The van der Waals surface area contributed by atoms with E-state index >= 15 is 0 Å². The Morgan fingerprint density at radius 2 is 1.64 bits per heavy atom. The molecular formula is C35H36N6O4. The van der Waals surface area contributed by atoms with Crippen molar-refractivity contribution in [3.63, 3.8) is 0 Å². The van der Waals surface area contributed by atoms with Crippen molar-refractivity contribution < 1.29 is 19.1 Å². The second-order valence-electron chi connectivity index (χ2n) is 14.0. The minimum absolute atomic E-state index is 0.186. The molecule has 0 spiro atoms. The first kappa shape index (κ1) is 27.9. The molecule has 3 amide bonds. The second kappa shape index (κ2) is 10.2. The number of likely N-dealkylation sites (tertiary alicyclic amines) is 1. The Morgan fingerprint density at radius 1 is 0.933 bits per heavy atom. The van der Waals surface area contributed by atoms with Gasteiger partial charge in [-0.2, -0.15) is 5.10 Å². The molecule has 0 radical (unpaired) electrons. The molecule has 10 nitrogen and oxygen atoms in total. The lowest BCUT2D eigenvalue weighted by molar-refractivity contribution is 0.00818. The van der Waals surface area contributed by atoms with Gasteiger partial charge in [-0.1, -0.05) is 18.2 Å². The second-order valence-corrected chi connectivity index (χ2v) is 14.0. The molecule has 3 fully saturated rings. The van der Waals surface area contributed by atoms with Gasteiger partial charge in [0.15, 0.2) is 0 Å². The fraction of sp³-hybridized carbons (Fsp3) is 0.429. The van der Waals surface area contributed by atoms with Crippen molar-refractivity contribution in [1.82, 2.24) is 29.5 Å². The lowest BCUT2D eigenvalue weighted by Gasteiger charge is -2.40. The van der Waals surface area contributed by atoms with E-state index in [9.17, 15) is 14.4 Å². The van der Waals surface area contributed by atoms with Crippen LogP contribution in [0.3, 0.4) is 0 Å². The summed E-state index contributed by atoms with van der Waals surface area (Å²) in [5, 5.41) is 5.04. The Morgan fingerprint density at radius 3 is 2.31 bits per heavy atom. The van der Waals surface area contributed by atoms with Gasteiger partial charge in [0.2, 0.25) is 0 Å². The number of amides is 3. The third kappa shape index (κ3) is 5.06. The number of hydrogen-bond acceptors (Lipinski definition) is 7. The Kier molecular flexibility index (Phi) is 6.34. The smallest absolute Gasteiger partial charge is 0.410 e. The van der Waals surface area contributed by atoms with Gasteiger partial charge in [-0.25, -0.2) is 9.78 Å². The van der Waals surface area contributed by atoms with E-state index in [-0.39, 0.29) is 35.8 Å². The highest BCUT2D eigenvalue weighted by atomic mass is 16.6. The number of carbonyl (C=O) groups is 3. The monoisotopic (exact) mass is 604 g/mol. The van der Waals surface area contributed by atoms with Crippen LogP contribution in [0.4, 0.5) is 4.79 Å². The van der Waals surface area contributed by atoms with E-state index in [1.165, 1.54) is 4.90 Å². The Balaban J connectivity index is 0.946. The number of aromatic nitrogens is 4. The zero-order chi connectivity index (χ0) is 31.0. The van der Waals surface area contributed by atoms with Gasteiger partial charge >= 0.3 is 6.09 Å². The Labute approximate surface area is 261 Å². The Bertz CT molecular complexity index is 1820. The SMILES string of the molecule is CC(C)(C)OC(=O)N1CC(c2ccc3nc(-c4cn(C5CC(CN6C(=O)c7ccccc7C6=O)C5)nc4C4CC4)cnc3c2)C1. The third-order valence-electron chi connectivity index (χ3n) is 9.48. The first-order valence-electron chi connectivity index (χ1n) is 15.9. The minimum atomic E-state index is -0.501.